The lowest BCUT2D eigenvalue weighted by Gasteiger charge is -2.58. The van der Waals surface area contributed by atoms with Gasteiger partial charge in [0.25, 0.3) is 0 Å². The van der Waals surface area contributed by atoms with Crippen molar-refractivity contribution in [2.75, 3.05) is 25.5 Å². The normalized spacial score (nSPS) is 40.9. The molecule has 0 bridgehead atoms. The molecule has 4 N–H and O–H groups in total. The quantitative estimate of drug-likeness (QED) is 0.288. The maximum Gasteiger partial charge on any atom is 0.171 e. The molecule has 1 saturated heterocycles. The first kappa shape index (κ1) is 28.0. The zero-order valence-corrected chi connectivity index (χ0v) is 24.8. The van der Waals surface area contributed by atoms with E-state index in [1.165, 1.54) is 16.7 Å². The van der Waals surface area contributed by atoms with Crippen LogP contribution < -0.4 is 5.73 Å². The Labute approximate surface area is 239 Å². The van der Waals surface area contributed by atoms with Crippen molar-refractivity contribution in [2.24, 2.45) is 28.4 Å². The molecule has 4 aliphatic carbocycles. The molecule has 1 aromatic rings. The summed E-state index contributed by atoms with van der Waals surface area (Å²) in [5.74, 6) is 0.748. The lowest BCUT2D eigenvalue weighted by Crippen LogP contribution is -2.58. The number of hydrogen-bond acceptors (Lipinski definition) is 6. The number of thiol groups is 1. The maximum absolute atomic E-state index is 12.3. The van der Waals surface area contributed by atoms with Gasteiger partial charge in [-0.05, 0) is 67.1 Å². The molecule has 0 amide bonds. The molecule has 6 heteroatoms. The fourth-order valence-corrected chi connectivity index (χ4v) is 9.47. The molecule has 1 aromatic carbocycles. The molecule has 0 radical (unpaired) electrons. The Morgan fingerprint density at radius 1 is 1.03 bits per heavy atom. The number of allylic oxidation sites excluding steroid dienone is 1. The van der Waals surface area contributed by atoms with Gasteiger partial charge in [0.15, 0.2) is 5.79 Å². The molecule has 4 fully saturated rings. The summed E-state index contributed by atoms with van der Waals surface area (Å²) in [7, 11) is 0. The topological polar surface area (TPSA) is 84.9 Å². The fraction of sp³-hybridized carbons (Fsp3) is 0.697. The Bertz CT molecular complexity index is 1150. The highest BCUT2D eigenvalue weighted by Crippen LogP contribution is 2.68. The second kappa shape index (κ2) is 9.71. The van der Waals surface area contributed by atoms with Crippen LogP contribution in [0.15, 0.2) is 41.5 Å². The van der Waals surface area contributed by atoms with Gasteiger partial charge >= 0.3 is 0 Å². The molecule has 5 aliphatic rings. The summed E-state index contributed by atoms with van der Waals surface area (Å²) in [5, 5.41) is 24.2. The fourth-order valence-electron chi connectivity index (χ4n) is 8.95. The minimum Gasteiger partial charge on any atom is -0.388 e. The molecule has 0 aromatic heterocycles. The van der Waals surface area contributed by atoms with E-state index in [1.54, 1.807) is 0 Å². The molecule has 6 rings (SSSR count). The van der Waals surface area contributed by atoms with Crippen LogP contribution in [0.3, 0.4) is 0 Å². The Kier molecular flexibility index (Phi) is 6.97. The van der Waals surface area contributed by atoms with Crippen LogP contribution in [0, 0.1) is 22.7 Å². The van der Waals surface area contributed by atoms with Crippen molar-refractivity contribution in [1.82, 2.24) is 0 Å². The number of ether oxygens (including phenoxy) is 2. The largest absolute Gasteiger partial charge is 0.388 e. The lowest BCUT2D eigenvalue weighted by atomic mass is 9.50. The van der Waals surface area contributed by atoms with E-state index in [1.807, 2.05) is 6.08 Å². The minimum absolute atomic E-state index is 0.000947. The van der Waals surface area contributed by atoms with E-state index in [0.717, 1.165) is 50.5 Å². The number of benzene rings is 1. The van der Waals surface area contributed by atoms with E-state index in [0.29, 0.717) is 43.8 Å². The van der Waals surface area contributed by atoms with Crippen molar-refractivity contribution in [3.8, 4) is 0 Å². The van der Waals surface area contributed by atoms with Crippen LogP contribution in [-0.2, 0) is 9.47 Å². The number of fused-ring (bicyclic) bond motifs is 4. The van der Waals surface area contributed by atoms with Crippen LogP contribution in [0.2, 0.25) is 0 Å². The summed E-state index contributed by atoms with van der Waals surface area (Å²) >= 11 is 4.66. The van der Waals surface area contributed by atoms with Gasteiger partial charge in [-0.2, -0.15) is 12.6 Å². The highest BCUT2D eigenvalue weighted by atomic mass is 32.1. The van der Waals surface area contributed by atoms with Gasteiger partial charge in [-0.3, -0.25) is 0 Å². The van der Waals surface area contributed by atoms with Crippen molar-refractivity contribution >= 4 is 18.7 Å². The molecule has 5 nitrogen and oxygen atoms in total. The van der Waals surface area contributed by atoms with Crippen LogP contribution >= 0.6 is 12.6 Å². The number of hydrogen-bond donors (Lipinski definition) is 4. The Balaban J connectivity index is 1.41. The van der Waals surface area contributed by atoms with Gasteiger partial charge in [-0.15, -0.1) is 0 Å². The van der Waals surface area contributed by atoms with E-state index in [4.69, 9.17) is 15.2 Å². The van der Waals surface area contributed by atoms with Gasteiger partial charge in [0.1, 0.15) is 0 Å². The van der Waals surface area contributed by atoms with Gasteiger partial charge < -0.3 is 25.4 Å². The molecular weight excluding hydrogens is 506 g/mol. The summed E-state index contributed by atoms with van der Waals surface area (Å²) in [6, 6.07) is 8.84. The van der Waals surface area contributed by atoms with E-state index < -0.39 is 17.0 Å². The molecule has 214 valence electrons. The third-order valence-corrected chi connectivity index (χ3v) is 11.8. The molecule has 6 unspecified atom stereocenters. The summed E-state index contributed by atoms with van der Waals surface area (Å²) < 4.78 is 12.8. The summed E-state index contributed by atoms with van der Waals surface area (Å²) in [6.45, 7) is 8.50. The van der Waals surface area contributed by atoms with Crippen LogP contribution in [0.1, 0.15) is 89.2 Å². The first-order valence-corrected chi connectivity index (χ1v) is 15.6. The van der Waals surface area contributed by atoms with Gasteiger partial charge in [0, 0.05) is 41.9 Å². The lowest BCUT2D eigenvalue weighted by molar-refractivity contribution is -0.322. The third-order valence-electron chi connectivity index (χ3n) is 11.2. The molecule has 1 spiro atoms. The summed E-state index contributed by atoms with van der Waals surface area (Å²) in [5.41, 5.74) is 8.90. The van der Waals surface area contributed by atoms with E-state index in [2.05, 4.69) is 63.7 Å². The SMILES string of the molecule is CC1(C)COC2(CCC3=C4C(c5ccc(C=CCN)cc5)CC5(C)C(CCC5(O)CS)C4CCC3(O)C2)OC1. The Morgan fingerprint density at radius 2 is 1.74 bits per heavy atom. The average Bonchev–Trinajstić information content (AvgIpc) is 3.19. The Morgan fingerprint density at radius 3 is 2.41 bits per heavy atom. The first-order chi connectivity index (χ1) is 18.5. The molecule has 39 heavy (non-hydrogen) atoms. The van der Waals surface area contributed by atoms with Crippen molar-refractivity contribution in [1.29, 1.82) is 0 Å². The van der Waals surface area contributed by atoms with Gasteiger partial charge in [0.2, 0.25) is 0 Å². The van der Waals surface area contributed by atoms with Crippen LogP contribution in [0.4, 0.5) is 0 Å². The summed E-state index contributed by atoms with van der Waals surface area (Å²) in [4.78, 5) is 0. The Hall–Kier alpha value is -1.15. The highest BCUT2D eigenvalue weighted by molar-refractivity contribution is 7.80. The average molecular weight is 554 g/mol. The molecule has 6 atom stereocenters. The van der Waals surface area contributed by atoms with Gasteiger partial charge in [-0.25, -0.2) is 0 Å². The molecule has 1 heterocycles. The second-order valence-corrected chi connectivity index (χ2v) is 14.6. The zero-order valence-electron chi connectivity index (χ0n) is 23.9. The van der Waals surface area contributed by atoms with Crippen LogP contribution in [-0.4, -0.2) is 52.7 Å². The number of aliphatic hydroxyl groups is 2. The van der Waals surface area contributed by atoms with E-state index in [9.17, 15) is 10.2 Å². The second-order valence-electron chi connectivity index (χ2n) is 14.3. The van der Waals surface area contributed by atoms with Crippen molar-refractivity contribution in [3.63, 3.8) is 0 Å². The molecule has 3 saturated carbocycles. The highest BCUT2D eigenvalue weighted by Gasteiger charge is 2.64. The monoisotopic (exact) mass is 553 g/mol. The van der Waals surface area contributed by atoms with Gasteiger partial charge in [-0.1, -0.05) is 62.8 Å². The van der Waals surface area contributed by atoms with Crippen molar-refractivity contribution in [2.45, 2.75) is 95.0 Å². The van der Waals surface area contributed by atoms with E-state index in [-0.39, 0.29) is 16.7 Å². The maximum atomic E-state index is 12.3. The minimum atomic E-state index is -0.903. The predicted molar refractivity (Wildman–Crippen MR) is 158 cm³/mol. The van der Waals surface area contributed by atoms with Crippen molar-refractivity contribution < 1.29 is 19.7 Å². The zero-order chi connectivity index (χ0) is 27.7. The number of nitrogens with two attached hydrogens (primary N) is 1. The van der Waals surface area contributed by atoms with E-state index >= 15 is 0 Å². The van der Waals surface area contributed by atoms with Crippen LogP contribution in [0.5, 0.6) is 0 Å². The predicted octanol–water partition coefficient (Wildman–Crippen LogP) is 5.61. The third kappa shape index (κ3) is 4.49. The number of rotatable bonds is 4. The molecule has 1 aliphatic heterocycles. The first-order valence-electron chi connectivity index (χ1n) is 15.0. The smallest absolute Gasteiger partial charge is 0.171 e. The van der Waals surface area contributed by atoms with Crippen molar-refractivity contribution in [3.05, 3.63) is 52.6 Å². The van der Waals surface area contributed by atoms with Crippen LogP contribution in [0.25, 0.3) is 6.08 Å². The molecular formula is C33H47NO4S. The standard InChI is InChI=1S/C33H47NO4S/c1-29(2)19-37-33(38-20-29)15-12-27-28-24(10-13-31(27,35)18-33)26-11-14-32(36,21-39)30(26,3)17-25(28)23-8-6-22(7-9-23)5-4-16-34/h4-9,24-26,35-36,39H,10-21,34H2,1-3H3. The van der Waals surface area contributed by atoms with Gasteiger partial charge in [0.05, 0.1) is 24.4 Å². The summed E-state index contributed by atoms with van der Waals surface area (Å²) in [6.07, 6.45) is 10.5.